The predicted molar refractivity (Wildman–Crippen MR) is 73.3 cm³/mol. The Morgan fingerprint density at radius 3 is 2.13 bits per heavy atom. The first-order valence-corrected chi connectivity index (χ1v) is 8.12. The number of nitrogens with zero attached hydrogens (tertiary/aromatic N) is 1. The van der Waals surface area contributed by atoms with Crippen molar-refractivity contribution in [2.75, 3.05) is 13.1 Å². The SMILES string of the molecule is CC1CC(C)CN(S(=O)OC(Br)(Br)Br)C1. The molecule has 7 heteroatoms. The fourth-order valence-electron chi connectivity index (χ4n) is 1.86. The maximum atomic E-state index is 11.8. The van der Waals surface area contributed by atoms with Gasteiger partial charge in [-0.15, -0.1) is 0 Å². The molecule has 0 bridgehead atoms. The monoisotopic (exact) mass is 425 g/mol. The first-order chi connectivity index (χ1) is 6.78. The third-order valence-electron chi connectivity index (χ3n) is 2.21. The van der Waals surface area contributed by atoms with Gasteiger partial charge in [-0.3, -0.25) is 0 Å². The minimum Gasteiger partial charge on any atom is -0.237 e. The molecule has 0 amide bonds. The molecule has 1 aliphatic heterocycles. The zero-order chi connectivity index (χ0) is 11.6. The fourth-order valence-corrected chi connectivity index (χ4v) is 3.90. The molecule has 3 unspecified atom stereocenters. The third-order valence-corrected chi connectivity index (χ3v) is 4.45. The summed E-state index contributed by atoms with van der Waals surface area (Å²) in [5.74, 6) is 1.13. The molecule has 0 aromatic rings. The Hall–Kier alpha value is 1.51. The molecule has 0 spiro atoms. The van der Waals surface area contributed by atoms with E-state index in [2.05, 4.69) is 61.6 Å². The van der Waals surface area contributed by atoms with Crippen LogP contribution in [0.5, 0.6) is 0 Å². The van der Waals surface area contributed by atoms with Crippen molar-refractivity contribution in [1.29, 1.82) is 0 Å². The zero-order valence-electron chi connectivity index (χ0n) is 8.58. The van der Waals surface area contributed by atoms with Gasteiger partial charge in [0.05, 0.1) is 0 Å². The summed E-state index contributed by atoms with van der Waals surface area (Å²) >= 11 is 8.08. The van der Waals surface area contributed by atoms with Gasteiger partial charge in [0.1, 0.15) is 0 Å². The second-order valence-electron chi connectivity index (χ2n) is 4.04. The van der Waals surface area contributed by atoms with Crippen molar-refractivity contribution in [2.24, 2.45) is 11.8 Å². The summed E-state index contributed by atoms with van der Waals surface area (Å²) in [5, 5.41) is 0. The Kier molecular flexibility index (Phi) is 5.74. The number of hydrogen-bond acceptors (Lipinski definition) is 2. The van der Waals surface area contributed by atoms with Crippen LogP contribution in [0.15, 0.2) is 0 Å². The molecule has 15 heavy (non-hydrogen) atoms. The maximum Gasteiger partial charge on any atom is 0.249 e. The van der Waals surface area contributed by atoms with E-state index in [0.29, 0.717) is 11.8 Å². The molecule has 1 fully saturated rings. The molecule has 1 aliphatic rings. The fraction of sp³-hybridized carbons (Fsp3) is 1.00. The van der Waals surface area contributed by atoms with Gasteiger partial charge in [0.2, 0.25) is 13.6 Å². The van der Waals surface area contributed by atoms with Crippen molar-refractivity contribution in [1.82, 2.24) is 4.31 Å². The summed E-state index contributed by atoms with van der Waals surface area (Å²) in [6, 6.07) is 0. The highest BCUT2D eigenvalue weighted by molar-refractivity contribution is 9.39. The van der Waals surface area contributed by atoms with Crippen LogP contribution in [-0.4, -0.2) is 23.9 Å². The van der Waals surface area contributed by atoms with E-state index in [-0.39, 0.29) is 0 Å². The molecular formula is C8H14Br3NO2S. The molecule has 0 N–H and O–H groups in total. The van der Waals surface area contributed by atoms with Crippen molar-refractivity contribution in [2.45, 2.75) is 22.6 Å². The zero-order valence-corrected chi connectivity index (χ0v) is 14.2. The highest BCUT2D eigenvalue weighted by atomic mass is 80.0. The van der Waals surface area contributed by atoms with Crippen molar-refractivity contribution < 1.29 is 8.39 Å². The second-order valence-corrected chi connectivity index (χ2v) is 11.7. The van der Waals surface area contributed by atoms with E-state index in [1.807, 2.05) is 4.31 Å². The van der Waals surface area contributed by atoms with E-state index in [1.54, 1.807) is 0 Å². The van der Waals surface area contributed by atoms with E-state index in [1.165, 1.54) is 6.42 Å². The Morgan fingerprint density at radius 2 is 1.73 bits per heavy atom. The summed E-state index contributed by atoms with van der Waals surface area (Å²) in [6.45, 7) is 5.98. The van der Waals surface area contributed by atoms with Gasteiger partial charge in [0.25, 0.3) is 0 Å². The summed E-state index contributed by atoms with van der Waals surface area (Å²) in [6.07, 6.45) is 1.19. The minimum atomic E-state index is -1.42. The van der Waals surface area contributed by atoms with Crippen LogP contribution in [0.1, 0.15) is 20.3 Å². The Morgan fingerprint density at radius 1 is 1.27 bits per heavy atom. The van der Waals surface area contributed by atoms with E-state index in [0.717, 1.165) is 13.1 Å². The smallest absolute Gasteiger partial charge is 0.237 e. The van der Waals surface area contributed by atoms with E-state index in [4.69, 9.17) is 4.18 Å². The lowest BCUT2D eigenvalue weighted by molar-refractivity contribution is 0.209. The lowest BCUT2D eigenvalue weighted by atomic mass is 9.94. The molecule has 1 saturated heterocycles. The maximum absolute atomic E-state index is 11.8. The highest BCUT2D eigenvalue weighted by Crippen LogP contribution is 2.36. The van der Waals surface area contributed by atoms with Crippen LogP contribution in [0.25, 0.3) is 0 Å². The van der Waals surface area contributed by atoms with Crippen LogP contribution < -0.4 is 0 Å². The van der Waals surface area contributed by atoms with Gasteiger partial charge in [0, 0.05) is 13.1 Å². The molecule has 1 heterocycles. The molecule has 0 aliphatic carbocycles. The molecule has 0 saturated carbocycles. The number of halogens is 3. The van der Waals surface area contributed by atoms with Gasteiger partial charge >= 0.3 is 0 Å². The van der Waals surface area contributed by atoms with E-state index < -0.39 is 13.6 Å². The summed E-state index contributed by atoms with van der Waals surface area (Å²) in [7, 11) is 0. The van der Waals surface area contributed by atoms with Crippen LogP contribution in [0.2, 0.25) is 0 Å². The number of rotatable bonds is 2. The molecule has 90 valence electrons. The Labute approximate surface area is 118 Å². The quantitative estimate of drug-likeness (QED) is 0.632. The van der Waals surface area contributed by atoms with Crippen molar-refractivity contribution in [3.8, 4) is 0 Å². The number of piperidine rings is 1. The summed E-state index contributed by atoms with van der Waals surface area (Å²) < 4.78 is 18.0. The Balaban J connectivity index is 2.52. The van der Waals surface area contributed by atoms with Gasteiger partial charge < -0.3 is 0 Å². The second kappa shape index (κ2) is 5.91. The average molecular weight is 428 g/mol. The van der Waals surface area contributed by atoms with Crippen LogP contribution in [0.3, 0.4) is 0 Å². The summed E-state index contributed by atoms with van der Waals surface area (Å²) in [4.78, 5) is 0. The van der Waals surface area contributed by atoms with Crippen molar-refractivity contribution in [3.63, 3.8) is 0 Å². The standard InChI is InChI=1S/C8H14Br3NO2S/c1-6-3-7(2)5-12(4-6)15(13)14-8(9,10)11/h6-7H,3-5H2,1-2H3. The molecule has 3 atom stereocenters. The molecule has 0 aromatic carbocycles. The van der Waals surface area contributed by atoms with E-state index in [9.17, 15) is 4.21 Å². The van der Waals surface area contributed by atoms with Gasteiger partial charge in [-0.05, 0) is 66.0 Å². The normalized spacial score (nSPS) is 31.5. The van der Waals surface area contributed by atoms with Gasteiger partial charge in [-0.2, -0.15) is 0 Å². The topological polar surface area (TPSA) is 29.5 Å². The largest absolute Gasteiger partial charge is 0.249 e. The predicted octanol–water partition coefficient (Wildman–Crippen LogP) is 3.36. The number of hydrogen-bond donors (Lipinski definition) is 0. The van der Waals surface area contributed by atoms with Crippen molar-refractivity contribution in [3.05, 3.63) is 0 Å². The Bertz CT molecular complexity index is 237. The van der Waals surface area contributed by atoms with Gasteiger partial charge in [0.15, 0.2) is 0 Å². The molecule has 3 nitrogen and oxygen atoms in total. The average Bonchev–Trinajstić information content (AvgIpc) is 1.98. The first kappa shape index (κ1) is 14.6. The summed E-state index contributed by atoms with van der Waals surface area (Å²) in [5.41, 5.74) is 0. The van der Waals surface area contributed by atoms with Crippen LogP contribution in [-0.2, 0) is 15.4 Å². The van der Waals surface area contributed by atoms with Crippen molar-refractivity contribution >= 4 is 59.1 Å². The van der Waals surface area contributed by atoms with Gasteiger partial charge in [-0.1, -0.05) is 13.8 Å². The van der Waals surface area contributed by atoms with Crippen LogP contribution in [0, 0.1) is 11.8 Å². The van der Waals surface area contributed by atoms with E-state index >= 15 is 0 Å². The molecule has 0 aromatic heterocycles. The first-order valence-electron chi connectivity index (χ1n) is 4.71. The lowest BCUT2D eigenvalue weighted by Gasteiger charge is -2.33. The molecule has 0 radical (unpaired) electrons. The minimum absolute atomic E-state index is 0.566. The third kappa shape index (κ3) is 5.59. The highest BCUT2D eigenvalue weighted by Gasteiger charge is 2.30. The number of alkyl halides is 3. The molecule has 1 rings (SSSR count). The van der Waals surface area contributed by atoms with Crippen LogP contribution in [0.4, 0.5) is 0 Å². The molecular weight excluding hydrogens is 414 g/mol. The lowest BCUT2D eigenvalue weighted by Crippen LogP contribution is -2.41. The van der Waals surface area contributed by atoms with Gasteiger partial charge in [-0.25, -0.2) is 12.7 Å². The van der Waals surface area contributed by atoms with Crippen LogP contribution >= 0.6 is 47.8 Å².